The maximum atomic E-state index is 12.6. The van der Waals surface area contributed by atoms with Gasteiger partial charge >= 0.3 is 0 Å². The third kappa shape index (κ3) is 4.06. The molecule has 0 spiro atoms. The van der Waals surface area contributed by atoms with Crippen molar-refractivity contribution in [2.45, 2.75) is 20.4 Å². The smallest absolute Gasteiger partial charge is 0.254 e. The van der Waals surface area contributed by atoms with Gasteiger partial charge in [0.25, 0.3) is 5.91 Å². The number of hydrogen-bond acceptors (Lipinski definition) is 5. The van der Waals surface area contributed by atoms with E-state index in [9.17, 15) is 14.4 Å². The van der Waals surface area contributed by atoms with E-state index in [0.29, 0.717) is 28.9 Å². The first-order valence-corrected chi connectivity index (χ1v) is 8.88. The van der Waals surface area contributed by atoms with E-state index >= 15 is 0 Å². The number of likely N-dealkylation sites (N-methyl/N-ethyl adjacent to an activating group) is 1. The number of amides is 2. The molecule has 144 valence electrons. The van der Waals surface area contributed by atoms with Gasteiger partial charge < -0.3 is 10.2 Å². The van der Waals surface area contributed by atoms with Crippen molar-refractivity contribution in [2.24, 2.45) is 0 Å². The van der Waals surface area contributed by atoms with Gasteiger partial charge in [0.2, 0.25) is 5.91 Å². The molecule has 0 atom stereocenters. The molecule has 0 saturated carbocycles. The molecular formula is C20H21N5O3. The average molecular weight is 379 g/mol. The van der Waals surface area contributed by atoms with Crippen molar-refractivity contribution < 1.29 is 14.4 Å². The van der Waals surface area contributed by atoms with Gasteiger partial charge in [-0.1, -0.05) is 5.21 Å². The van der Waals surface area contributed by atoms with Crippen LogP contribution in [0.2, 0.25) is 0 Å². The van der Waals surface area contributed by atoms with E-state index in [1.807, 2.05) is 6.92 Å². The standard InChI is InChI=1S/C20H21N5O3/c1-4-25-18-10-7-15(11-17(18)22-23-25)20(28)24(3)12-19(27)21-16-8-5-14(6-9-16)13(2)26/h5-11H,4,12H2,1-3H3,(H,21,27). The van der Waals surface area contributed by atoms with Crippen LogP contribution in [-0.4, -0.2) is 51.1 Å². The topological polar surface area (TPSA) is 97.2 Å². The second-order valence-electron chi connectivity index (χ2n) is 6.45. The Balaban J connectivity index is 1.64. The molecule has 1 aromatic heterocycles. The van der Waals surface area contributed by atoms with Crippen LogP contribution in [0.1, 0.15) is 34.6 Å². The zero-order chi connectivity index (χ0) is 20.3. The molecular weight excluding hydrogens is 358 g/mol. The third-order valence-electron chi connectivity index (χ3n) is 4.36. The van der Waals surface area contributed by atoms with Gasteiger partial charge in [0.15, 0.2) is 5.78 Å². The van der Waals surface area contributed by atoms with Crippen LogP contribution in [0.5, 0.6) is 0 Å². The van der Waals surface area contributed by atoms with Crippen LogP contribution in [0.4, 0.5) is 5.69 Å². The van der Waals surface area contributed by atoms with Crippen LogP contribution in [-0.2, 0) is 11.3 Å². The first-order valence-electron chi connectivity index (χ1n) is 8.88. The molecule has 1 heterocycles. The summed E-state index contributed by atoms with van der Waals surface area (Å²) < 4.78 is 1.75. The van der Waals surface area contributed by atoms with Crippen molar-refractivity contribution >= 4 is 34.3 Å². The molecule has 0 bridgehead atoms. The highest BCUT2D eigenvalue weighted by atomic mass is 16.2. The Morgan fingerprint density at radius 2 is 1.75 bits per heavy atom. The monoisotopic (exact) mass is 379 g/mol. The van der Waals surface area contributed by atoms with Gasteiger partial charge in [-0.15, -0.1) is 5.10 Å². The lowest BCUT2D eigenvalue weighted by Gasteiger charge is -2.17. The second-order valence-corrected chi connectivity index (χ2v) is 6.45. The first kappa shape index (κ1) is 19.2. The summed E-state index contributed by atoms with van der Waals surface area (Å²) in [4.78, 5) is 37.5. The third-order valence-corrected chi connectivity index (χ3v) is 4.36. The summed E-state index contributed by atoms with van der Waals surface area (Å²) in [7, 11) is 1.56. The normalized spacial score (nSPS) is 10.7. The van der Waals surface area contributed by atoms with Gasteiger partial charge in [0.1, 0.15) is 5.52 Å². The first-order chi connectivity index (χ1) is 13.4. The number of Topliss-reactive ketones (excluding diaryl/α,β-unsaturated/α-hetero) is 1. The zero-order valence-corrected chi connectivity index (χ0v) is 16.0. The number of rotatable bonds is 6. The van der Waals surface area contributed by atoms with Gasteiger partial charge in [0.05, 0.1) is 12.1 Å². The Bertz CT molecular complexity index is 1040. The van der Waals surface area contributed by atoms with E-state index in [0.717, 1.165) is 5.52 Å². The maximum Gasteiger partial charge on any atom is 0.254 e. The minimum absolute atomic E-state index is 0.0425. The van der Waals surface area contributed by atoms with Gasteiger partial charge in [-0.2, -0.15) is 0 Å². The Morgan fingerprint density at radius 1 is 1.07 bits per heavy atom. The summed E-state index contributed by atoms with van der Waals surface area (Å²) in [6.45, 7) is 4.03. The summed E-state index contributed by atoms with van der Waals surface area (Å²) >= 11 is 0. The predicted octanol–water partition coefficient (Wildman–Crippen LogP) is 2.36. The zero-order valence-electron chi connectivity index (χ0n) is 16.0. The fourth-order valence-electron chi connectivity index (χ4n) is 2.84. The number of anilines is 1. The van der Waals surface area contributed by atoms with Crippen molar-refractivity contribution in [3.05, 3.63) is 53.6 Å². The van der Waals surface area contributed by atoms with Crippen LogP contribution < -0.4 is 5.32 Å². The summed E-state index contributed by atoms with van der Waals surface area (Å²) in [6, 6.07) is 11.8. The minimum atomic E-state index is -0.329. The summed E-state index contributed by atoms with van der Waals surface area (Å²) in [5.74, 6) is -0.654. The fourth-order valence-corrected chi connectivity index (χ4v) is 2.84. The number of hydrogen-bond donors (Lipinski definition) is 1. The van der Waals surface area contributed by atoms with Crippen molar-refractivity contribution in [1.29, 1.82) is 0 Å². The van der Waals surface area contributed by atoms with E-state index in [2.05, 4.69) is 15.6 Å². The molecule has 0 aliphatic rings. The highest BCUT2D eigenvalue weighted by Crippen LogP contribution is 2.15. The van der Waals surface area contributed by atoms with Gasteiger partial charge in [0, 0.05) is 30.4 Å². The predicted molar refractivity (Wildman–Crippen MR) is 105 cm³/mol. The molecule has 8 nitrogen and oxygen atoms in total. The molecule has 0 aliphatic heterocycles. The Morgan fingerprint density at radius 3 is 2.39 bits per heavy atom. The van der Waals surface area contributed by atoms with Crippen LogP contribution in [0.15, 0.2) is 42.5 Å². The van der Waals surface area contributed by atoms with Crippen LogP contribution >= 0.6 is 0 Å². The summed E-state index contributed by atoms with van der Waals surface area (Å²) in [6.07, 6.45) is 0. The molecule has 1 N–H and O–H groups in total. The SMILES string of the molecule is CCn1nnc2cc(C(=O)N(C)CC(=O)Nc3ccc(C(C)=O)cc3)ccc21. The molecule has 0 unspecified atom stereocenters. The fraction of sp³-hybridized carbons (Fsp3) is 0.250. The van der Waals surface area contributed by atoms with Crippen LogP contribution in [0.3, 0.4) is 0 Å². The average Bonchev–Trinajstić information content (AvgIpc) is 3.09. The van der Waals surface area contributed by atoms with Crippen molar-refractivity contribution in [2.75, 3.05) is 18.9 Å². The molecule has 3 rings (SSSR count). The molecule has 0 aliphatic carbocycles. The van der Waals surface area contributed by atoms with E-state index in [4.69, 9.17) is 0 Å². The Labute approximate surface area is 162 Å². The molecule has 2 amide bonds. The second kappa shape index (κ2) is 7.99. The molecule has 3 aromatic rings. The van der Waals surface area contributed by atoms with E-state index in [1.54, 1.807) is 54.2 Å². The number of carbonyl (C=O) groups is 3. The number of aryl methyl sites for hydroxylation is 1. The molecule has 0 saturated heterocycles. The lowest BCUT2D eigenvalue weighted by molar-refractivity contribution is -0.116. The highest BCUT2D eigenvalue weighted by molar-refractivity contribution is 6.01. The van der Waals surface area contributed by atoms with E-state index in [-0.39, 0.29) is 24.1 Å². The van der Waals surface area contributed by atoms with Gasteiger partial charge in [-0.25, -0.2) is 4.68 Å². The number of nitrogens with one attached hydrogen (secondary N) is 1. The number of ketones is 1. The molecule has 0 radical (unpaired) electrons. The molecule has 28 heavy (non-hydrogen) atoms. The largest absolute Gasteiger partial charge is 0.332 e. The van der Waals surface area contributed by atoms with Crippen molar-refractivity contribution in [1.82, 2.24) is 19.9 Å². The Kier molecular flexibility index (Phi) is 5.49. The maximum absolute atomic E-state index is 12.6. The van der Waals surface area contributed by atoms with Gasteiger partial charge in [-0.3, -0.25) is 14.4 Å². The number of benzene rings is 2. The number of carbonyl (C=O) groups excluding carboxylic acids is 3. The lowest BCUT2D eigenvalue weighted by atomic mass is 10.1. The minimum Gasteiger partial charge on any atom is -0.332 e. The molecule has 2 aromatic carbocycles. The summed E-state index contributed by atoms with van der Waals surface area (Å²) in [5.41, 5.74) is 3.07. The summed E-state index contributed by atoms with van der Waals surface area (Å²) in [5, 5.41) is 10.8. The quantitative estimate of drug-likeness (QED) is 0.663. The van der Waals surface area contributed by atoms with E-state index in [1.165, 1.54) is 11.8 Å². The molecule has 0 fully saturated rings. The van der Waals surface area contributed by atoms with E-state index < -0.39 is 0 Å². The lowest BCUT2D eigenvalue weighted by Crippen LogP contribution is -2.34. The van der Waals surface area contributed by atoms with Crippen LogP contribution in [0.25, 0.3) is 11.0 Å². The Hall–Kier alpha value is -3.55. The van der Waals surface area contributed by atoms with Crippen molar-refractivity contribution in [3.63, 3.8) is 0 Å². The number of fused-ring (bicyclic) bond motifs is 1. The van der Waals surface area contributed by atoms with Gasteiger partial charge in [-0.05, 0) is 56.3 Å². The number of nitrogens with zero attached hydrogens (tertiary/aromatic N) is 4. The van der Waals surface area contributed by atoms with Crippen molar-refractivity contribution in [3.8, 4) is 0 Å². The highest BCUT2D eigenvalue weighted by Gasteiger charge is 2.17. The molecule has 8 heteroatoms. The van der Waals surface area contributed by atoms with Crippen LogP contribution in [0, 0.1) is 0 Å². The number of aromatic nitrogens is 3.